The highest BCUT2D eigenvalue weighted by Gasteiger charge is 2.19. The molecule has 0 radical (unpaired) electrons. The lowest BCUT2D eigenvalue weighted by molar-refractivity contribution is -0.153. The van der Waals surface area contributed by atoms with Gasteiger partial charge in [0.15, 0.2) is 16.1 Å². The third-order valence-electron chi connectivity index (χ3n) is 3.29. The summed E-state index contributed by atoms with van der Waals surface area (Å²) < 4.78 is 47.4. The van der Waals surface area contributed by atoms with Gasteiger partial charge in [-0.3, -0.25) is 4.79 Å². The molecule has 0 bridgehead atoms. The van der Waals surface area contributed by atoms with Crippen LogP contribution in [0.3, 0.4) is 0 Å². The SMILES string of the molecule is CCOC(CC(=O)N[C@H](C)c1ccc(S(C)(=O)=O)c(F)c1)OCC. The number of hydrogen-bond donors (Lipinski definition) is 1. The predicted molar refractivity (Wildman–Crippen MR) is 87.7 cm³/mol. The molecule has 0 aliphatic heterocycles. The van der Waals surface area contributed by atoms with Crippen LogP contribution in [0.4, 0.5) is 4.39 Å². The van der Waals surface area contributed by atoms with Gasteiger partial charge in [-0.05, 0) is 38.5 Å². The zero-order valence-electron chi connectivity index (χ0n) is 14.3. The molecule has 0 heterocycles. The number of sulfone groups is 1. The Labute approximate surface area is 142 Å². The van der Waals surface area contributed by atoms with Crippen molar-refractivity contribution in [3.8, 4) is 0 Å². The summed E-state index contributed by atoms with van der Waals surface area (Å²) in [4.78, 5) is 11.7. The van der Waals surface area contributed by atoms with Gasteiger partial charge in [-0.15, -0.1) is 0 Å². The van der Waals surface area contributed by atoms with Crippen LogP contribution in [0.15, 0.2) is 23.1 Å². The van der Waals surface area contributed by atoms with Crippen molar-refractivity contribution < 1.29 is 27.1 Å². The predicted octanol–water partition coefficient (Wildman–Crippen LogP) is 2.20. The highest BCUT2D eigenvalue weighted by Crippen LogP contribution is 2.20. The summed E-state index contributed by atoms with van der Waals surface area (Å²) in [5, 5.41) is 2.71. The van der Waals surface area contributed by atoms with Gasteiger partial charge in [-0.25, -0.2) is 12.8 Å². The van der Waals surface area contributed by atoms with Gasteiger partial charge >= 0.3 is 0 Å². The fraction of sp³-hybridized carbons (Fsp3) is 0.562. The Morgan fingerprint density at radius 1 is 1.25 bits per heavy atom. The number of nitrogens with one attached hydrogen (secondary N) is 1. The summed E-state index contributed by atoms with van der Waals surface area (Å²) in [6, 6.07) is 3.31. The summed E-state index contributed by atoms with van der Waals surface area (Å²) in [7, 11) is -3.62. The molecule has 0 saturated heterocycles. The van der Waals surface area contributed by atoms with Gasteiger partial charge in [-0.2, -0.15) is 0 Å². The lowest BCUT2D eigenvalue weighted by Crippen LogP contribution is -2.32. The second-order valence-electron chi connectivity index (χ2n) is 5.30. The van der Waals surface area contributed by atoms with Crippen LogP contribution in [-0.4, -0.2) is 40.1 Å². The van der Waals surface area contributed by atoms with Gasteiger partial charge in [-0.1, -0.05) is 6.07 Å². The summed E-state index contributed by atoms with van der Waals surface area (Å²) in [5.41, 5.74) is 0.470. The van der Waals surface area contributed by atoms with E-state index in [-0.39, 0.29) is 17.2 Å². The molecule has 0 aliphatic carbocycles. The third-order valence-corrected chi connectivity index (χ3v) is 4.42. The van der Waals surface area contributed by atoms with Crippen LogP contribution in [-0.2, 0) is 24.1 Å². The van der Waals surface area contributed by atoms with E-state index in [1.54, 1.807) is 20.8 Å². The Morgan fingerprint density at radius 2 is 1.83 bits per heavy atom. The average Bonchev–Trinajstić information content (AvgIpc) is 2.46. The highest BCUT2D eigenvalue weighted by atomic mass is 32.2. The normalized spacial score (nSPS) is 13.1. The Kier molecular flexibility index (Phi) is 7.78. The Hall–Kier alpha value is -1.51. The molecule has 0 fully saturated rings. The molecule has 1 amide bonds. The minimum absolute atomic E-state index is 0.0237. The molecule has 1 atom stereocenters. The minimum atomic E-state index is -3.62. The van der Waals surface area contributed by atoms with E-state index in [0.29, 0.717) is 18.8 Å². The van der Waals surface area contributed by atoms with Gasteiger partial charge in [0.05, 0.1) is 12.5 Å². The van der Waals surface area contributed by atoms with Crippen molar-refractivity contribution in [3.05, 3.63) is 29.6 Å². The van der Waals surface area contributed by atoms with Crippen LogP contribution in [0.2, 0.25) is 0 Å². The topological polar surface area (TPSA) is 81.7 Å². The second kappa shape index (κ2) is 9.10. The van der Waals surface area contributed by atoms with E-state index in [1.165, 1.54) is 12.1 Å². The molecule has 0 aromatic heterocycles. The maximum atomic E-state index is 13.9. The molecular weight excluding hydrogens is 337 g/mol. The Bertz CT molecular complexity index is 656. The van der Waals surface area contributed by atoms with Crippen molar-refractivity contribution in [2.75, 3.05) is 19.5 Å². The van der Waals surface area contributed by atoms with E-state index >= 15 is 0 Å². The maximum absolute atomic E-state index is 13.9. The number of carbonyl (C=O) groups excluding carboxylic acids is 1. The van der Waals surface area contributed by atoms with Crippen LogP contribution < -0.4 is 5.32 Å². The third kappa shape index (κ3) is 6.18. The molecule has 1 N–H and O–H groups in total. The van der Waals surface area contributed by atoms with Crippen molar-refractivity contribution >= 4 is 15.7 Å². The van der Waals surface area contributed by atoms with Crippen molar-refractivity contribution in [1.82, 2.24) is 5.32 Å². The van der Waals surface area contributed by atoms with Crippen molar-refractivity contribution in [2.24, 2.45) is 0 Å². The number of hydrogen-bond acceptors (Lipinski definition) is 5. The molecule has 0 spiro atoms. The standard InChI is InChI=1S/C16H24FNO5S/c1-5-22-16(23-6-2)10-15(19)18-11(3)12-7-8-14(13(17)9-12)24(4,20)21/h7-9,11,16H,5-6,10H2,1-4H3,(H,18,19)/t11-/m1/s1. The van der Waals surface area contributed by atoms with Crippen LogP contribution >= 0.6 is 0 Å². The van der Waals surface area contributed by atoms with Crippen molar-refractivity contribution in [3.63, 3.8) is 0 Å². The molecule has 1 rings (SSSR count). The first-order valence-corrected chi connectivity index (χ1v) is 9.60. The van der Waals surface area contributed by atoms with E-state index in [4.69, 9.17) is 9.47 Å². The van der Waals surface area contributed by atoms with Crippen LogP contribution in [0, 0.1) is 5.82 Å². The Balaban J connectivity index is 2.75. The van der Waals surface area contributed by atoms with Gasteiger partial charge in [0.25, 0.3) is 0 Å². The van der Waals surface area contributed by atoms with E-state index in [0.717, 1.165) is 12.3 Å². The molecular formula is C16H24FNO5S. The quantitative estimate of drug-likeness (QED) is 0.682. The molecule has 6 nitrogen and oxygen atoms in total. The van der Waals surface area contributed by atoms with E-state index in [2.05, 4.69) is 5.32 Å². The summed E-state index contributed by atoms with van der Waals surface area (Å²) in [6.07, 6.45) is 0.338. The molecule has 0 saturated carbocycles. The number of amides is 1. The number of benzene rings is 1. The van der Waals surface area contributed by atoms with Crippen LogP contribution in [0.25, 0.3) is 0 Å². The van der Waals surface area contributed by atoms with Crippen molar-refractivity contribution in [2.45, 2.75) is 44.4 Å². The first-order valence-electron chi connectivity index (χ1n) is 7.71. The summed E-state index contributed by atoms with van der Waals surface area (Å²) >= 11 is 0. The fourth-order valence-corrected chi connectivity index (χ4v) is 2.89. The number of ether oxygens (including phenoxy) is 2. The minimum Gasteiger partial charge on any atom is -0.352 e. The molecule has 8 heteroatoms. The molecule has 0 aliphatic rings. The number of halogens is 1. The van der Waals surface area contributed by atoms with Crippen molar-refractivity contribution in [1.29, 1.82) is 0 Å². The second-order valence-corrected chi connectivity index (χ2v) is 7.28. The molecule has 1 aromatic rings. The van der Waals surface area contributed by atoms with Gasteiger partial charge < -0.3 is 14.8 Å². The van der Waals surface area contributed by atoms with Gasteiger partial charge in [0, 0.05) is 19.5 Å². The largest absolute Gasteiger partial charge is 0.352 e. The zero-order chi connectivity index (χ0) is 18.3. The lowest BCUT2D eigenvalue weighted by atomic mass is 10.1. The smallest absolute Gasteiger partial charge is 0.225 e. The van der Waals surface area contributed by atoms with Gasteiger partial charge in [0.2, 0.25) is 5.91 Å². The number of rotatable bonds is 9. The molecule has 0 unspecified atom stereocenters. The monoisotopic (exact) mass is 361 g/mol. The molecule has 24 heavy (non-hydrogen) atoms. The summed E-state index contributed by atoms with van der Waals surface area (Å²) in [6.45, 7) is 6.14. The average molecular weight is 361 g/mol. The number of carbonyl (C=O) groups is 1. The molecule has 136 valence electrons. The van der Waals surface area contributed by atoms with E-state index < -0.39 is 28.0 Å². The zero-order valence-corrected chi connectivity index (χ0v) is 15.2. The lowest BCUT2D eigenvalue weighted by Gasteiger charge is -2.19. The Morgan fingerprint density at radius 3 is 2.29 bits per heavy atom. The first-order chi connectivity index (χ1) is 11.2. The van der Waals surface area contributed by atoms with Crippen LogP contribution in [0.1, 0.15) is 38.8 Å². The van der Waals surface area contributed by atoms with E-state index in [9.17, 15) is 17.6 Å². The van der Waals surface area contributed by atoms with Gasteiger partial charge in [0.1, 0.15) is 10.7 Å². The fourth-order valence-electron chi connectivity index (χ4n) is 2.16. The molecule has 1 aromatic carbocycles. The highest BCUT2D eigenvalue weighted by molar-refractivity contribution is 7.90. The van der Waals surface area contributed by atoms with Crippen LogP contribution in [0.5, 0.6) is 0 Å². The maximum Gasteiger partial charge on any atom is 0.225 e. The summed E-state index contributed by atoms with van der Waals surface area (Å²) in [5.74, 6) is -1.14. The first kappa shape index (κ1) is 20.5. The van der Waals surface area contributed by atoms with E-state index in [1.807, 2.05) is 0 Å².